The molecule has 1 aliphatic heterocycles. The first-order valence-corrected chi connectivity index (χ1v) is 4.25. The van der Waals surface area contributed by atoms with Crippen LogP contribution in [-0.2, 0) is 4.74 Å². The summed E-state index contributed by atoms with van der Waals surface area (Å²) in [6.45, 7) is 3.72. The fraction of sp³-hybridized carbons (Fsp3) is 1.00. The van der Waals surface area contributed by atoms with Gasteiger partial charge in [0.15, 0.2) is 6.29 Å². The summed E-state index contributed by atoms with van der Waals surface area (Å²) in [4.78, 5) is 0. The SMILES string of the molecule is CC1C(O)OC(S)C(O)C1C. The normalized spacial score (nSPS) is 52.6. The summed E-state index contributed by atoms with van der Waals surface area (Å²) < 4.78 is 4.95. The summed E-state index contributed by atoms with van der Waals surface area (Å²) in [7, 11) is 0. The van der Waals surface area contributed by atoms with E-state index in [1.165, 1.54) is 0 Å². The molecule has 1 saturated heterocycles. The largest absolute Gasteiger partial charge is 0.389 e. The van der Waals surface area contributed by atoms with Gasteiger partial charge in [-0.3, -0.25) is 0 Å². The molecule has 0 amide bonds. The third kappa shape index (κ3) is 1.69. The van der Waals surface area contributed by atoms with Crippen molar-refractivity contribution in [2.24, 2.45) is 11.8 Å². The molecule has 1 rings (SSSR count). The van der Waals surface area contributed by atoms with Crippen molar-refractivity contribution in [2.45, 2.75) is 31.7 Å². The van der Waals surface area contributed by atoms with Gasteiger partial charge in [-0.05, 0) is 5.92 Å². The van der Waals surface area contributed by atoms with E-state index in [9.17, 15) is 10.2 Å². The molecule has 0 aliphatic carbocycles. The Balaban J connectivity index is 2.63. The molecule has 5 atom stereocenters. The molecule has 66 valence electrons. The molecular formula is C7H14O3S. The van der Waals surface area contributed by atoms with E-state index < -0.39 is 17.8 Å². The van der Waals surface area contributed by atoms with Crippen LogP contribution in [0, 0.1) is 11.8 Å². The van der Waals surface area contributed by atoms with Crippen LogP contribution in [0.4, 0.5) is 0 Å². The maximum atomic E-state index is 9.42. The standard InChI is InChI=1S/C7H14O3S/c1-3-4(2)6(9)10-7(11)5(3)8/h3-9,11H,1-2H3. The zero-order valence-corrected chi connectivity index (χ0v) is 7.53. The van der Waals surface area contributed by atoms with E-state index in [0.29, 0.717) is 0 Å². The molecule has 4 heteroatoms. The van der Waals surface area contributed by atoms with Crippen LogP contribution in [0.5, 0.6) is 0 Å². The highest BCUT2D eigenvalue weighted by molar-refractivity contribution is 7.80. The third-order valence-electron chi connectivity index (χ3n) is 2.39. The van der Waals surface area contributed by atoms with Gasteiger partial charge >= 0.3 is 0 Å². The van der Waals surface area contributed by atoms with Crippen molar-refractivity contribution in [1.82, 2.24) is 0 Å². The zero-order valence-electron chi connectivity index (χ0n) is 6.64. The van der Waals surface area contributed by atoms with Gasteiger partial charge in [0.1, 0.15) is 5.44 Å². The molecular weight excluding hydrogens is 164 g/mol. The Morgan fingerprint density at radius 2 is 1.73 bits per heavy atom. The van der Waals surface area contributed by atoms with Crippen LogP contribution in [-0.4, -0.2) is 28.0 Å². The first-order chi connectivity index (χ1) is 5.04. The molecule has 5 unspecified atom stereocenters. The van der Waals surface area contributed by atoms with Crippen molar-refractivity contribution >= 4 is 12.6 Å². The summed E-state index contributed by atoms with van der Waals surface area (Å²) in [5.74, 6) is -0.00495. The predicted octanol–water partition coefficient (Wildman–Crippen LogP) is 0.224. The average Bonchev–Trinajstić information content (AvgIpc) is 1.97. The Morgan fingerprint density at radius 1 is 1.18 bits per heavy atom. The van der Waals surface area contributed by atoms with Crippen LogP contribution >= 0.6 is 12.6 Å². The smallest absolute Gasteiger partial charge is 0.159 e. The van der Waals surface area contributed by atoms with E-state index in [2.05, 4.69) is 12.6 Å². The number of hydrogen-bond donors (Lipinski definition) is 3. The molecule has 3 nitrogen and oxygen atoms in total. The summed E-state index contributed by atoms with van der Waals surface area (Å²) in [5, 5.41) is 18.7. The van der Waals surface area contributed by atoms with Crippen LogP contribution < -0.4 is 0 Å². The van der Waals surface area contributed by atoms with Gasteiger partial charge < -0.3 is 14.9 Å². The van der Waals surface area contributed by atoms with E-state index in [0.717, 1.165) is 0 Å². The third-order valence-corrected chi connectivity index (χ3v) is 2.82. The number of aliphatic hydroxyl groups excluding tert-OH is 2. The fourth-order valence-electron chi connectivity index (χ4n) is 1.18. The first-order valence-electron chi connectivity index (χ1n) is 3.73. The fourth-order valence-corrected chi connectivity index (χ4v) is 1.57. The molecule has 0 saturated carbocycles. The molecule has 1 aliphatic rings. The van der Waals surface area contributed by atoms with Crippen LogP contribution in [0.2, 0.25) is 0 Å². The lowest BCUT2D eigenvalue weighted by atomic mass is 9.88. The number of aliphatic hydroxyl groups is 2. The van der Waals surface area contributed by atoms with E-state index in [4.69, 9.17) is 4.74 Å². The van der Waals surface area contributed by atoms with Crippen molar-refractivity contribution in [3.05, 3.63) is 0 Å². The minimum atomic E-state index is -0.795. The van der Waals surface area contributed by atoms with Crippen molar-refractivity contribution in [3.63, 3.8) is 0 Å². The van der Waals surface area contributed by atoms with E-state index in [1.54, 1.807) is 0 Å². The minimum absolute atomic E-state index is 0.0289. The second kappa shape index (κ2) is 3.31. The molecule has 11 heavy (non-hydrogen) atoms. The van der Waals surface area contributed by atoms with Gasteiger partial charge in [0.05, 0.1) is 6.10 Å². The highest BCUT2D eigenvalue weighted by Crippen LogP contribution is 2.30. The lowest BCUT2D eigenvalue weighted by molar-refractivity contribution is -0.216. The van der Waals surface area contributed by atoms with E-state index in [1.807, 2.05) is 13.8 Å². The highest BCUT2D eigenvalue weighted by Gasteiger charge is 2.37. The van der Waals surface area contributed by atoms with Gasteiger partial charge in [0.25, 0.3) is 0 Å². The Bertz CT molecular complexity index is 128. The number of hydrogen-bond acceptors (Lipinski definition) is 4. The summed E-state index contributed by atoms with van der Waals surface area (Å²) in [6, 6.07) is 0. The molecule has 2 N–H and O–H groups in total. The second-order valence-electron chi connectivity index (χ2n) is 3.13. The average molecular weight is 178 g/mol. The molecule has 0 aromatic carbocycles. The van der Waals surface area contributed by atoms with Gasteiger partial charge in [0.2, 0.25) is 0 Å². The second-order valence-corrected chi connectivity index (χ2v) is 3.63. The lowest BCUT2D eigenvalue weighted by Gasteiger charge is -2.38. The zero-order chi connectivity index (χ0) is 8.59. The van der Waals surface area contributed by atoms with Crippen LogP contribution in [0.3, 0.4) is 0 Å². The van der Waals surface area contributed by atoms with Gasteiger partial charge in [-0.15, -0.1) is 12.6 Å². The monoisotopic (exact) mass is 178 g/mol. The Morgan fingerprint density at radius 3 is 2.27 bits per heavy atom. The molecule has 0 aromatic rings. The number of ether oxygens (including phenoxy) is 1. The Hall–Kier alpha value is 0.230. The molecule has 0 bridgehead atoms. The van der Waals surface area contributed by atoms with Crippen molar-refractivity contribution in [2.75, 3.05) is 0 Å². The molecule has 0 aromatic heterocycles. The number of rotatable bonds is 0. The topological polar surface area (TPSA) is 49.7 Å². The van der Waals surface area contributed by atoms with Crippen LogP contribution in [0.1, 0.15) is 13.8 Å². The molecule has 1 heterocycles. The predicted molar refractivity (Wildman–Crippen MR) is 44.2 cm³/mol. The van der Waals surface area contributed by atoms with E-state index in [-0.39, 0.29) is 11.8 Å². The van der Waals surface area contributed by atoms with Crippen molar-refractivity contribution in [1.29, 1.82) is 0 Å². The Labute approximate surface area is 71.8 Å². The highest BCUT2D eigenvalue weighted by atomic mass is 32.1. The van der Waals surface area contributed by atoms with Gasteiger partial charge in [0, 0.05) is 5.92 Å². The lowest BCUT2D eigenvalue weighted by Crippen LogP contribution is -2.46. The van der Waals surface area contributed by atoms with Gasteiger partial charge in [-0.1, -0.05) is 13.8 Å². The maximum Gasteiger partial charge on any atom is 0.159 e. The van der Waals surface area contributed by atoms with Crippen molar-refractivity contribution < 1.29 is 14.9 Å². The van der Waals surface area contributed by atoms with E-state index >= 15 is 0 Å². The van der Waals surface area contributed by atoms with Gasteiger partial charge in [-0.2, -0.15) is 0 Å². The Kier molecular flexibility index (Phi) is 2.80. The minimum Gasteiger partial charge on any atom is -0.389 e. The maximum absolute atomic E-state index is 9.42. The first kappa shape index (κ1) is 9.32. The molecule has 1 fully saturated rings. The van der Waals surface area contributed by atoms with Gasteiger partial charge in [-0.25, -0.2) is 0 Å². The summed E-state index contributed by atoms with van der Waals surface area (Å²) in [5.41, 5.74) is -0.559. The van der Waals surface area contributed by atoms with Crippen LogP contribution in [0.25, 0.3) is 0 Å². The molecule has 0 spiro atoms. The summed E-state index contributed by atoms with van der Waals surface area (Å²) in [6.07, 6.45) is -1.38. The van der Waals surface area contributed by atoms with Crippen LogP contribution in [0.15, 0.2) is 0 Å². The summed E-state index contributed by atoms with van der Waals surface area (Å²) >= 11 is 3.98. The number of thiol groups is 1. The molecule has 0 radical (unpaired) electrons. The van der Waals surface area contributed by atoms with Crippen molar-refractivity contribution in [3.8, 4) is 0 Å². The quantitative estimate of drug-likeness (QED) is 0.465.